The van der Waals surface area contributed by atoms with Gasteiger partial charge in [-0.2, -0.15) is 0 Å². The van der Waals surface area contributed by atoms with Gasteiger partial charge in [0.05, 0.1) is 6.54 Å². The molecule has 0 unspecified atom stereocenters. The van der Waals surface area contributed by atoms with Gasteiger partial charge < -0.3 is 20.4 Å². The van der Waals surface area contributed by atoms with Crippen LogP contribution in [0.25, 0.3) is 0 Å². The zero-order valence-corrected chi connectivity index (χ0v) is 18.9. The highest BCUT2D eigenvalue weighted by Crippen LogP contribution is 2.09. The van der Waals surface area contributed by atoms with Crippen molar-refractivity contribution in [3.63, 3.8) is 0 Å². The quantitative estimate of drug-likeness (QED) is 0.494. The standard InChI is InChI=1S/C24H35N5O/c1-6-25-24(27-17-20-10-12-21(13-11-20)18-28(2)3)26-15-14-19-8-7-9-22(16-19)23(30)29(4)5/h7-13,16H,6,14-15,17-18H2,1-5H3,(H2,25,26,27). The number of aliphatic imine (C=N–C) groups is 1. The van der Waals surface area contributed by atoms with E-state index in [1.165, 1.54) is 11.1 Å². The molecule has 6 heteroatoms. The van der Waals surface area contributed by atoms with Crippen molar-refractivity contribution in [2.75, 3.05) is 41.3 Å². The van der Waals surface area contributed by atoms with E-state index in [1.54, 1.807) is 19.0 Å². The Hall–Kier alpha value is -2.86. The van der Waals surface area contributed by atoms with Gasteiger partial charge in [0.15, 0.2) is 5.96 Å². The van der Waals surface area contributed by atoms with Gasteiger partial charge in [-0.3, -0.25) is 4.79 Å². The maximum Gasteiger partial charge on any atom is 0.253 e. The molecule has 0 aliphatic heterocycles. The molecule has 162 valence electrons. The van der Waals surface area contributed by atoms with Crippen LogP contribution in [0.15, 0.2) is 53.5 Å². The summed E-state index contributed by atoms with van der Waals surface area (Å²) in [7, 11) is 7.68. The third-order valence-electron chi connectivity index (χ3n) is 4.57. The molecular formula is C24H35N5O. The molecule has 0 radical (unpaired) electrons. The molecular weight excluding hydrogens is 374 g/mol. The summed E-state index contributed by atoms with van der Waals surface area (Å²) < 4.78 is 0. The van der Waals surface area contributed by atoms with E-state index >= 15 is 0 Å². The van der Waals surface area contributed by atoms with Crippen LogP contribution in [-0.4, -0.2) is 62.9 Å². The Morgan fingerprint density at radius 1 is 0.933 bits per heavy atom. The van der Waals surface area contributed by atoms with Crippen molar-refractivity contribution < 1.29 is 4.79 Å². The van der Waals surface area contributed by atoms with E-state index in [1.807, 2.05) is 24.3 Å². The fourth-order valence-corrected chi connectivity index (χ4v) is 3.07. The van der Waals surface area contributed by atoms with Crippen molar-refractivity contribution in [3.05, 3.63) is 70.8 Å². The topological polar surface area (TPSA) is 60.0 Å². The number of carbonyl (C=O) groups excluding carboxylic acids is 1. The number of guanidine groups is 1. The Morgan fingerprint density at radius 3 is 2.27 bits per heavy atom. The zero-order valence-electron chi connectivity index (χ0n) is 18.9. The van der Waals surface area contributed by atoms with E-state index in [0.29, 0.717) is 6.54 Å². The smallest absolute Gasteiger partial charge is 0.253 e. The van der Waals surface area contributed by atoms with Gasteiger partial charge in [0.1, 0.15) is 0 Å². The van der Waals surface area contributed by atoms with E-state index in [9.17, 15) is 4.79 Å². The van der Waals surface area contributed by atoms with Gasteiger partial charge in [-0.25, -0.2) is 4.99 Å². The molecule has 30 heavy (non-hydrogen) atoms. The highest BCUT2D eigenvalue weighted by atomic mass is 16.2. The first kappa shape index (κ1) is 23.4. The predicted molar refractivity (Wildman–Crippen MR) is 125 cm³/mol. The molecule has 2 aromatic rings. The Labute approximate surface area is 181 Å². The molecule has 0 aromatic heterocycles. The molecule has 0 spiro atoms. The Bertz CT molecular complexity index is 828. The fraction of sp³-hybridized carbons (Fsp3) is 0.417. The zero-order chi connectivity index (χ0) is 21.9. The number of rotatable bonds is 9. The van der Waals surface area contributed by atoms with Crippen molar-refractivity contribution in [2.24, 2.45) is 4.99 Å². The van der Waals surface area contributed by atoms with E-state index < -0.39 is 0 Å². The minimum atomic E-state index is 0.0244. The molecule has 2 aromatic carbocycles. The van der Waals surface area contributed by atoms with E-state index in [2.05, 4.69) is 60.8 Å². The number of carbonyl (C=O) groups is 1. The average molecular weight is 410 g/mol. The molecule has 0 aliphatic carbocycles. The first-order valence-corrected chi connectivity index (χ1v) is 10.4. The van der Waals surface area contributed by atoms with Crippen molar-refractivity contribution >= 4 is 11.9 Å². The molecule has 0 saturated heterocycles. The van der Waals surface area contributed by atoms with Crippen molar-refractivity contribution in [2.45, 2.75) is 26.4 Å². The fourth-order valence-electron chi connectivity index (χ4n) is 3.07. The van der Waals surface area contributed by atoms with Crippen LogP contribution in [0.1, 0.15) is 34.0 Å². The lowest BCUT2D eigenvalue weighted by Gasteiger charge is -2.13. The Balaban J connectivity index is 1.91. The van der Waals surface area contributed by atoms with Gasteiger partial charge in [-0.1, -0.05) is 36.4 Å². The number of hydrogen-bond donors (Lipinski definition) is 2. The van der Waals surface area contributed by atoms with Crippen LogP contribution in [0, 0.1) is 0 Å². The minimum Gasteiger partial charge on any atom is -0.357 e. The van der Waals surface area contributed by atoms with Gasteiger partial charge in [0.2, 0.25) is 0 Å². The first-order chi connectivity index (χ1) is 14.4. The van der Waals surface area contributed by atoms with E-state index in [-0.39, 0.29) is 5.91 Å². The molecule has 0 aliphatic rings. The SMILES string of the molecule is CCNC(=NCc1ccc(CN(C)C)cc1)NCCc1cccc(C(=O)N(C)C)c1. The van der Waals surface area contributed by atoms with Crippen LogP contribution in [0.3, 0.4) is 0 Å². The van der Waals surface area contributed by atoms with Crippen LogP contribution in [0.5, 0.6) is 0 Å². The molecule has 0 heterocycles. The van der Waals surface area contributed by atoms with Crippen LogP contribution < -0.4 is 10.6 Å². The molecule has 1 amide bonds. The number of benzene rings is 2. The summed E-state index contributed by atoms with van der Waals surface area (Å²) in [5, 5.41) is 6.68. The summed E-state index contributed by atoms with van der Waals surface area (Å²) in [5.41, 5.74) is 4.33. The largest absolute Gasteiger partial charge is 0.357 e. The maximum atomic E-state index is 12.1. The Kier molecular flexibility index (Phi) is 9.35. The van der Waals surface area contributed by atoms with Crippen molar-refractivity contribution in [1.82, 2.24) is 20.4 Å². The van der Waals surface area contributed by atoms with E-state index in [0.717, 1.165) is 43.1 Å². The summed E-state index contributed by atoms with van der Waals surface area (Å²) in [6.07, 6.45) is 0.818. The summed E-state index contributed by atoms with van der Waals surface area (Å²) in [6, 6.07) is 16.4. The van der Waals surface area contributed by atoms with Gasteiger partial charge in [0.25, 0.3) is 5.91 Å². The highest BCUT2D eigenvalue weighted by molar-refractivity contribution is 5.94. The number of nitrogens with one attached hydrogen (secondary N) is 2. The lowest BCUT2D eigenvalue weighted by atomic mass is 10.1. The molecule has 0 bridgehead atoms. The second-order valence-corrected chi connectivity index (χ2v) is 7.83. The highest BCUT2D eigenvalue weighted by Gasteiger charge is 2.08. The summed E-state index contributed by atoms with van der Waals surface area (Å²) in [6.45, 7) is 5.18. The predicted octanol–water partition coefficient (Wildman–Crippen LogP) is 2.75. The monoisotopic (exact) mass is 409 g/mol. The van der Waals surface area contributed by atoms with Crippen LogP contribution >= 0.6 is 0 Å². The van der Waals surface area contributed by atoms with Gasteiger partial charge in [0, 0.05) is 39.3 Å². The molecule has 0 atom stereocenters. The van der Waals surface area contributed by atoms with Crippen LogP contribution in [0.4, 0.5) is 0 Å². The number of nitrogens with zero attached hydrogens (tertiary/aromatic N) is 3. The second kappa shape index (κ2) is 12.0. The summed E-state index contributed by atoms with van der Waals surface area (Å²) in [5.74, 6) is 0.826. The summed E-state index contributed by atoms with van der Waals surface area (Å²) >= 11 is 0. The van der Waals surface area contributed by atoms with Crippen molar-refractivity contribution in [1.29, 1.82) is 0 Å². The third-order valence-corrected chi connectivity index (χ3v) is 4.57. The lowest BCUT2D eigenvalue weighted by Crippen LogP contribution is -2.38. The lowest BCUT2D eigenvalue weighted by molar-refractivity contribution is 0.0827. The van der Waals surface area contributed by atoms with Gasteiger partial charge in [-0.05, 0) is 56.3 Å². The second-order valence-electron chi connectivity index (χ2n) is 7.83. The third kappa shape index (κ3) is 7.87. The van der Waals surface area contributed by atoms with Gasteiger partial charge >= 0.3 is 0 Å². The normalized spacial score (nSPS) is 11.5. The molecule has 0 saturated carbocycles. The van der Waals surface area contributed by atoms with Crippen LogP contribution in [0.2, 0.25) is 0 Å². The number of hydrogen-bond acceptors (Lipinski definition) is 3. The van der Waals surface area contributed by atoms with Gasteiger partial charge in [-0.15, -0.1) is 0 Å². The number of amides is 1. The van der Waals surface area contributed by atoms with E-state index in [4.69, 9.17) is 4.99 Å². The molecule has 2 rings (SSSR count). The molecule has 0 fully saturated rings. The Morgan fingerprint density at radius 2 is 1.63 bits per heavy atom. The van der Waals surface area contributed by atoms with Crippen LogP contribution in [-0.2, 0) is 19.5 Å². The minimum absolute atomic E-state index is 0.0244. The first-order valence-electron chi connectivity index (χ1n) is 10.4. The van der Waals surface area contributed by atoms with Crippen molar-refractivity contribution in [3.8, 4) is 0 Å². The summed E-state index contributed by atoms with van der Waals surface area (Å²) in [4.78, 5) is 20.6. The molecule has 2 N–H and O–H groups in total. The molecule has 6 nitrogen and oxygen atoms in total. The maximum absolute atomic E-state index is 12.1. The average Bonchev–Trinajstić information content (AvgIpc) is 2.72.